The van der Waals surface area contributed by atoms with Gasteiger partial charge in [-0.2, -0.15) is 0 Å². The number of hydrogen-bond acceptors (Lipinski definition) is 2. The Hall–Kier alpha value is -1.68. The maximum Gasteiger partial charge on any atom is 0.126 e. The predicted molar refractivity (Wildman–Crippen MR) is 67.6 cm³/mol. The second kappa shape index (κ2) is 5.31. The lowest BCUT2D eigenvalue weighted by Crippen LogP contribution is -2.04. The molecule has 2 rings (SSSR count). The van der Waals surface area contributed by atoms with E-state index in [9.17, 15) is 9.50 Å². The molecule has 0 spiro atoms. The molecule has 1 heterocycles. The van der Waals surface area contributed by atoms with Gasteiger partial charge in [-0.1, -0.05) is 12.1 Å². The van der Waals surface area contributed by atoms with Crippen molar-refractivity contribution in [2.24, 2.45) is 7.05 Å². The number of imidazole rings is 1. The molecule has 0 aliphatic heterocycles. The average Bonchev–Trinajstić information content (AvgIpc) is 2.75. The Bertz CT molecular complexity index is 536. The highest BCUT2D eigenvalue weighted by atomic mass is 19.1. The summed E-state index contributed by atoms with van der Waals surface area (Å²) in [5.74, 6) is 0.697. The highest BCUT2D eigenvalue weighted by Gasteiger charge is 2.10. The second-order valence-electron chi connectivity index (χ2n) is 4.52. The topological polar surface area (TPSA) is 38.1 Å². The third-order valence-electron chi connectivity index (χ3n) is 3.13. The molecule has 1 unspecified atom stereocenters. The first-order valence-corrected chi connectivity index (χ1v) is 5.98. The maximum absolute atomic E-state index is 13.1. The van der Waals surface area contributed by atoms with Gasteiger partial charge in [0.2, 0.25) is 0 Å². The second-order valence-corrected chi connectivity index (χ2v) is 4.52. The lowest BCUT2D eigenvalue weighted by atomic mass is 10.0. The molecule has 1 aromatic heterocycles. The van der Waals surface area contributed by atoms with E-state index in [-0.39, 0.29) is 5.82 Å². The molecule has 0 fully saturated rings. The van der Waals surface area contributed by atoms with E-state index in [0.29, 0.717) is 18.4 Å². The van der Waals surface area contributed by atoms with Crippen LogP contribution in [0.5, 0.6) is 0 Å². The van der Waals surface area contributed by atoms with Gasteiger partial charge in [-0.25, -0.2) is 9.37 Å². The molecule has 0 amide bonds. The normalized spacial score (nSPS) is 12.7. The van der Waals surface area contributed by atoms with Crippen LogP contribution in [0.3, 0.4) is 0 Å². The zero-order chi connectivity index (χ0) is 13.1. The zero-order valence-corrected chi connectivity index (χ0v) is 10.6. The molecule has 4 heteroatoms. The summed E-state index contributed by atoms with van der Waals surface area (Å²) in [7, 11) is 1.93. The minimum atomic E-state index is -0.582. The largest absolute Gasteiger partial charge is 0.388 e. The molecular weight excluding hydrogens is 231 g/mol. The van der Waals surface area contributed by atoms with Crippen LogP contribution in [-0.2, 0) is 13.5 Å². The fraction of sp³-hybridized carbons (Fsp3) is 0.357. The Balaban J connectivity index is 2.01. The number of rotatable bonds is 4. The highest BCUT2D eigenvalue weighted by molar-refractivity contribution is 5.25. The molecule has 1 aromatic carbocycles. The Morgan fingerprint density at radius 1 is 1.44 bits per heavy atom. The van der Waals surface area contributed by atoms with Crippen LogP contribution in [-0.4, -0.2) is 14.7 Å². The molecule has 0 bridgehead atoms. The summed E-state index contributed by atoms with van der Waals surface area (Å²) in [4.78, 5) is 4.20. The van der Waals surface area contributed by atoms with Crippen molar-refractivity contribution in [2.45, 2.75) is 25.9 Å². The Morgan fingerprint density at radius 2 is 2.22 bits per heavy atom. The molecular formula is C14H17FN2O. The molecule has 0 saturated heterocycles. The maximum atomic E-state index is 13.1. The van der Waals surface area contributed by atoms with Gasteiger partial charge >= 0.3 is 0 Å². The molecule has 18 heavy (non-hydrogen) atoms. The van der Waals surface area contributed by atoms with Gasteiger partial charge in [0.15, 0.2) is 0 Å². The van der Waals surface area contributed by atoms with E-state index < -0.39 is 6.10 Å². The van der Waals surface area contributed by atoms with Crippen LogP contribution < -0.4 is 0 Å². The number of aromatic nitrogens is 2. The molecule has 2 aromatic rings. The van der Waals surface area contributed by atoms with Gasteiger partial charge < -0.3 is 9.67 Å². The van der Waals surface area contributed by atoms with Gasteiger partial charge in [0.1, 0.15) is 11.6 Å². The number of aryl methyl sites for hydroxylation is 3. The summed E-state index contributed by atoms with van der Waals surface area (Å²) in [6.07, 6.45) is 4.31. The first kappa shape index (κ1) is 12.8. The lowest BCUT2D eigenvalue weighted by molar-refractivity contribution is 0.166. The van der Waals surface area contributed by atoms with Crippen molar-refractivity contribution in [3.05, 3.63) is 53.4 Å². The van der Waals surface area contributed by atoms with Crippen molar-refractivity contribution < 1.29 is 9.50 Å². The van der Waals surface area contributed by atoms with Crippen molar-refractivity contribution in [1.82, 2.24) is 9.55 Å². The van der Waals surface area contributed by atoms with Crippen molar-refractivity contribution in [3.8, 4) is 0 Å². The van der Waals surface area contributed by atoms with Gasteiger partial charge in [-0.05, 0) is 30.5 Å². The smallest absolute Gasteiger partial charge is 0.126 e. The van der Waals surface area contributed by atoms with E-state index in [1.165, 1.54) is 6.07 Å². The van der Waals surface area contributed by atoms with Crippen LogP contribution in [0.1, 0.15) is 29.5 Å². The summed E-state index contributed by atoms with van der Waals surface area (Å²) >= 11 is 0. The molecule has 3 nitrogen and oxygen atoms in total. The number of aliphatic hydroxyl groups is 1. The van der Waals surface area contributed by atoms with E-state index >= 15 is 0 Å². The summed E-state index contributed by atoms with van der Waals surface area (Å²) in [5.41, 5.74) is 1.31. The van der Waals surface area contributed by atoms with Crippen molar-refractivity contribution >= 4 is 0 Å². The van der Waals surface area contributed by atoms with E-state index in [0.717, 1.165) is 11.4 Å². The number of aliphatic hydroxyl groups excluding tert-OH is 1. The van der Waals surface area contributed by atoms with Gasteiger partial charge in [-0.15, -0.1) is 0 Å². The van der Waals surface area contributed by atoms with Crippen LogP contribution in [0.2, 0.25) is 0 Å². The molecule has 0 saturated carbocycles. The van der Waals surface area contributed by atoms with Gasteiger partial charge in [0.05, 0.1) is 6.10 Å². The number of benzene rings is 1. The third-order valence-corrected chi connectivity index (χ3v) is 3.13. The predicted octanol–water partition coefficient (Wildman–Crippen LogP) is 2.53. The molecule has 0 aliphatic carbocycles. The molecule has 0 aliphatic rings. The molecule has 1 atom stereocenters. The Kier molecular flexibility index (Phi) is 3.77. The number of nitrogens with zero attached hydrogens (tertiary/aromatic N) is 2. The Labute approximate surface area is 106 Å². The van der Waals surface area contributed by atoms with Crippen LogP contribution in [0.4, 0.5) is 4.39 Å². The summed E-state index contributed by atoms with van der Waals surface area (Å²) < 4.78 is 15.1. The van der Waals surface area contributed by atoms with Gasteiger partial charge in [0, 0.05) is 25.9 Å². The SMILES string of the molecule is Cc1cc(C(O)CCc2nccn2C)ccc1F. The van der Waals surface area contributed by atoms with Crippen LogP contribution in [0, 0.1) is 12.7 Å². The summed E-state index contributed by atoms with van der Waals surface area (Å²) in [5, 5.41) is 10.1. The fourth-order valence-corrected chi connectivity index (χ4v) is 1.95. The Morgan fingerprint density at radius 3 is 2.83 bits per heavy atom. The van der Waals surface area contributed by atoms with Crippen molar-refractivity contribution in [1.29, 1.82) is 0 Å². The standard InChI is InChI=1S/C14H17FN2O/c1-10-9-11(3-4-12(10)15)13(18)5-6-14-16-7-8-17(14)2/h3-4,7-9,13,18H,5-6H2,1-2H3. The molecule has 1 N–H and O–H groups in total. The minimum Gasteiger partial charge on any atom is -0.388 e. The average molecular weight is 248 g/mol. The highest BCUT2D eigenvalue weighted by Crippen LogP contribution is 2.20. The van der Waals surface area contributed by atoms with Crippen molar-refractivity contribution in [2.75, 3.05) is 0 Å². The molecule has 0 radical (unpaired) electrons. The minimum absolute atomic E-state index is 0.241. The van der Waals surface area contributed by atoms with E-state index in [4.69, 9.17) is 0 Å². The number of hydrogen-bond donors (Lipinski definition) is 1. The third kappa shape index (κ3) is 2.76. The summed E-state index contributed by atoms with van der Waals surface area (Å²) in [6, 6.07) is 4.72. The summed E-state index contributed by atoms with van der Waals surface area (Å²) in [6.45, 7) is 1.70. The van der Waals surface area contributed by atoms with Crippen molar-refractivity contribution in [3.63, 3.8) is 0 Å². The van der Waals surface area contributed by atoms with Gasteiger partial charge in [0.25, 0.3) is 0 Å². The quantitative estimate of drug-likeness (QED) is 0.903. The van der Waals surface area contributed by atoms with E-state index in [2.05, 4.69) is 4.98 Å². The van der Waals surface area contributed by atoms with Gasteiger partial charge in [-0.3, -0.25) is 0 Å². The first-order chi connectivity index (χ1) is 8.58. The van der Waals surface area contributed by atoms with Crippen LogP contribution in [0.25, 0.3) is 0 Å². The van der Waals surface area contributed by atoms with Crippen LogP contribution >= 0.6 is 0 Å². The molecule has 96 valence electrons. The lowest BCUT2D eigenvalue weighted by Gasteiger charge is -2.11. The first-order valence-electron chi connectivity index (χ1n) is 5.98. The number of halogens is 1. The fourth-order valence-electron chi connectivity index (χ4n) is 1.95. The zero-order valence-electron chi connectivity index (χ0n) is 10.6. The van der Waals surface area contributed by atoms with E-state index in [1.807, 2.05) is 17.8 Å². The van der Waals surface area contributed by atoms with E-state index in [1.54, 1.807) is 25.3 Å². The van der Waals surface area contributed by atoms with Crippen LogP contribution in [0.15, 0.2) is 30.6 Å². The monoisotopic (exact) mass is 248 g/mol.